The first kappa shape index (κ1) is 15.2. The smallest absolute Gasteiger partial charge is 0.0943 e. The molecule has 1 nitrogen and oxygen atoms in total. The summed E-state index contributed by atoms with van der Waals surface area (Å²) in [5.41, 5.74) is 2.84. The van der Waals surface area contributed by atoms with Gasteiger partial charge in [-0.15, -0.1) is 0 Å². The Morgan fingerprint density at radius 2 is 1.71 bits per heavy atom. The van der Waals surface area contributed by atoms with E-state index in [4.69, 9.17) is 0 Å². The second-order valence-corrected chi connectivity index (χ2v) is 9.37. The third-order valence-corrected chi connectivity index (χ3v) is 8.56. The van der Waals surface area contributed by atoms with Crippen LogP contribution in [0.3, 0.4) is 0 Å². The summed E-state index contributed by atoms with van der Waals surface area (Å²) in [6.07, 6.45) is 20.6. The Morgan fingerprint density at radius 3 is 2.62 bits per heavy atom. The maximum Gasteiger partial charge on any atom is 0.0943 e. The van der Waals surface area contributed by atoms with Crippen molar-refractivity contribution in [1.29, 1.82) is 5.26 Å². The standard InChI is InChI=1S/C23H31N/c24-14-15-5-6-17-8-10-21-20-9-7-16-3-1-2-4-18(16)19(20)11-12-22(21)23(17)13-15/h12-13,16-21,23H,1-11H2. The van der Waals surface area contributed by atoms with E-state index in [1.807, 2.05) is 0 Å². The zero-order valence-corrected chi connectivity index (χ0v) is 14.9. The van der Waals surface area contributed by atoms with Crippen LogP contribution in [0, 0.1) is 52.8 Å². The van der Waals surface area contributed by atoms with Gasteiger partial charge in [0.25, 0.3) is 0 Å². The van der Waals surface area contributed by atoms with Crippen molar-refractivity contribution >= 4 is 0 Å². The molecule has 0 amide bonds. The first-order valence-corrected chi connectivity index (χ1v) is 10.7. The maximum absolute atomic E-state index is 9.36. The minimum Gasteiger partial charge on any atom is -0.193 e. The fourth-order valence-corrected chi connectivity index (χ4v) is 7.52. The minimum atomic E-state index is 0.622. The molecule has 0 aliphatic heterocycles. The molecule has 3 fully saturated rings. The molecule has 0 N–H and O–H groups in total. The van der Waals surface area contributed by atoms with Gasteiger partial charge in [0, 0.05) is 11.5 Å². The molecule has 1 heteroatoms. The van der Waals surface area contributed by atoms with E-state index >= 15 is 0 Å². The molecule has 5 aliphatic rings. The molecule has 7 unspecified atom stereocenters. The molecule has 128 valence electrons. The van der Waals surface area contributed by atoms with Crippen LogP contribution in [0.4, 0.5) is 0 Å². The Labute approximate surface area is 147 Å². The van der Waals surface area contributed by atoms with E-state index in [0.717, 1.165) is 47.5 Å². The van der Waals surface area contributed by atoms with Crippen molar-refractivity contribution in [2.24, 2.45) is 41.4 Å². The van der Waals surface area contributed by atoms with Crippen molar-refractivity contribution in [1.82, 2.24) is 0 Å². The lowest BCUT2D eigenvalue weighted by Gasteiger charge is -2.53. The van der Waals surface area contributed by atoms with E-state index < -0.39 is 0 Å². The highest BCUT2D eigenvalue weighted by Crippen LogP contribution is 2.58. The average Bonchev–Trinajstić information content (AvgIpc) is 2.66. The fourth-order valence-electron chi connectivity index (χ4n) is 7.52. The molecule has 5 rings (SSSR count). The molecule has 0 aromatic rings. The summed E-state index contributed by atoms with van der Waals surface area (Å²) in [6, 6.07) is 2.46. The van der Waals surface area contributed by atoms with E-state index in [1.165, 1.54) is 64.2 Å². The normalized spacial score (nSPS) is 47.0. The van der Waals surface area contributed by atoms with Crippen LogP contribution in [0.5, 0.6) is 0 Å². The Kier molecular flexibility index (Phi) is 3.84. The van der Waals surface area contributed by atoms with Gasteiger partial charge in [-0.25, -0.2) is 0 Å². The topological polar surface area (TPSA) is 23.8 Å². The van der Waals surface area contributed by atoms with Crippen LogP contribution < -0.4 is 0 Å². The van der Waals surface area contributed by atoms with Crippen molar-refractivity contribution in [3.05, 3.63) is 23.3 Å². The van der Waals surface area contributed by atoms with E-state index in [-0.39, 0.29) is 0 Å². The Balaban J connectivity index is 1.45. The Morgan fingerprint density at radius 1 is 0.833 bits per heavy atom. The van der Waals surface area contributed by atoms with Crippen molar-refractivity contribution in [3.8, 4) is 6.07 Å². The van der Waals surface area contributed by atoms with Crippen molar-refractivity contribution < 1.29 is 0 Å². The van der Waals surface area contributed by atoms with Crippen molar-refractivity contribution in [3.63, 3.8) is 0 Å². The molecular weight excluding hydrogens is 290 g/mol. The summed E-state index contributed by atoms with van der Waals surface area (Å²) in [4.78, 5) is 0. The number of nitriles is 1. The monoisotopic (exact) mass is 321 g/mol. The molecule has 5 aliphatic carbocycles. The van der Waals surface area contributed by atoms with Gasteiger partial charge in [-0.2, -0.15) is 5.26 Å². The van der Waals surface area contributed by atoms with Crippen molar-refractivity contribution in [2.45, 2.75) is 70.6 Å². The molecule has 7 atom stereocenters. The van der Waals surface area contributed by atoms with E-state index in [9.17, 15) is 5.26 Å². The molecule has 0 aromatic carbocycles. The predicted molar refractivity (Wildman–Crippen MR) is 97.0 cm³/mol. The van der Waals surface area contributed by atoms with Gasteiger partial charge < -0.3 is 0 Å². The molecule has 0 radical (unpaired) electrons. The van der Waals surface area contributed by atoms with Gasteiger partial charge in [0.1, 0.15) is 0 Å². The zero-order chi connectivity index (χ0) is 16.1. The average molecular weight is 322 g/mol. The van der Waals surface area contributed by atoms with Crippen LogP contribution in [0.15, 0.2) is 23.3 Å². The lowest BCUT2D eigenvalue weighted by molar-refractivity contribution is 0.0153. The molecule has 0 heterocycles. The lowest BCUT2D eigenvalue weighted by atomic mass is 9.51. The quantitative estimate of drug-likeness (QED) is 0.499. The third-order valence-electron chi connectivity index (χ3n) is 8.56. The first-order valence-electron chi connectivity index (χ1n) is 10.7. The van der Waals surface area contributed by atoms with E-state index in [1.54, 1.807) is 5.57 Å². The highest BCUT2D eigenvalue weighted by Gasteiger charge is 2.48. The molecule has 0 bridgehead atoms. The van der Waals surface area contributed by atoms with Crippen LogP contribution in [-0.2, 0) is 0 Å². The summed E-state index contributed by atoms with van der Waals surface area (Å²) in [7, 11) is 0. The van der Waals surface area contributed by atoms with Crippen LogP contribution in [-0.4, -0.2) is 0 Å². The summed E-state index contributed by atoms with van der Waals surface area (Å²) < 4.78 is 0. The Hall–Kier alpha value is -1.03. The van der Waals surface area contributed by atoms with Crippen LogP contribution in [0.2, 0.25) is 0 Å². The summed E-state index contributed by atoms with van der Waals surface area (Å²) >= 11 is 0. The minimum absolute atomic E-state index is 0.622. The molecular formula is C23H31N. The lowest BCUT2D eigenvalue weighted by Crippen LogP contribution is -2.44. The van der Waals surface area contributed by atoms with Crippen molar-refractivity contribution in [2.75, 3.05) is 0 Å². The highest BCUT2D eigenvalue weighted by molar-refractivity contribution is 5.33. The van der Waals surface area contributed by atoms with Gasteiger partial charge in [0.05, 0.1) is 6.07 Å². The molecule has 24 heavy (non-hydrogen) atoms. The summed E-state index contributed by atoms with van der Waals surface area (Å²) in [6.45, 7) is 0. The molecule has 0 aromatic heterocycles. The molecule has 0 saturated heterocycles. The van der Waals surface area contributed by atoms with Gasteiger partial charge in [-0.1, -0.05) is 37.0 Å². The largest absolute Gasteiger partial charge is 0.193 e. The highest BCUT2D eigenvalue weighted by atomic mass is 14.5. The van der Waals surface area contributed by atoms with Crippen LogP contribution in [0.1, 0.15) is 70.6 Å². The van der Waals surface area contributed by atoms with Gasteiger partial charge >= 0.3 is 0 Å². The second-order valence-electron chi connectivity index (χ2n) is 9.37. The van der Waals surface area contributed by atoms with Gasteiger partial charge in [-0.05, 0) is 86.9 Å². The third kappa shape index (κ3) is 2.33. The maximum atomic E-state index is 9.36. The number of fused-ring (bicyclic) bond motifs is 7. The SMILES string of the molecule is N#CC1=CC2C3=CCC4C5CCCCC5CCC4C3CCC2CC1. The predicted octanol–water partition coefficient (Wildman–Crippen LogP) is 6.04. The number of allylic oxidation sites excluding steroid dienone is 4. The number of nitrogens with zero attached hydrogens (tertiary/aromatic N) is 1. The van der Waals surface area contributed by atoms with Crippen LogP contribution >= 0.6 is 0 Å². The number of hydrogen-bond donors (Lipinski definition) is 0. The van der Waals surface area contributed by atoms with E-state index in [0.29, 0.717) is 5.92 Å². The zero-order valence-electron chi connectivity index (χ0n) is 14.9. The number of rotatable bonds is 0. The van der Waals surface area contributed by atoms with Gasteiger partial charge in [0.2, 0.25) is 0 Å². The van der Waals surface area contributed by atoms with Gasteiger partial charge in [0.15, 0.2) is 0 Å². The molecule has 0 spiro atoms. The first-order chi connectivity index (χ1) is 11.8. The molecule has 3 saturated carbocycles. The van der Waals surface area contributed by atoms with Crippen LogP contribution in [0.25, 0.3) is 0 Å². The summed E-state index contributed by atoms with van der Waals surface area (Å²) in [5, 5.41) is 9.36. The van der Waals surface area contributed by atoms with E-state index in [2.05, 4.69) is 18.2 Å². The van der Waals surface area contributed by atoms with Gasteiger partial charge in [-0.3, -0.25) is 0 Å². The number of hydrogen-bond acceptors (Lipinski definition) is 1. The summed E-state index contributed by atoms with van der Waals surface area (Å²) in [5.74, 6) is 6.41. The Bertz CT molecular complexity index is 606. The fraction of sp³-hybridized carbons (Fsp3) is 0.783. The second kappa shape index (κ2) is 6.05.